The van der Waals surface area contributed by atoms with E-state index in [0.717, 1.165) is 0 Å². The van der Waals surface area contributed by atoms with Crippen LogP contribution < -0.4 is 10.2 Å². The van der Waals surface area contributed by atoms with Crippen LogP contribution in [0.4, 0.5) is 11.4 Å². The lowest BCUT2D eigenvalue weighted by molar-refractivity contribution is -0.147. The fourth-order valence-corrected chi connectivity index (χ4v) is 2.35. The van der Waals surface area contributed by atoms with E-state index in [1.807, 2.05) is 0 Å². The van der Waals surface area contributed by atoms with Crippen LogP contribution in [-0.2, 0) is 19.1 Å². The SMILES string of the molecule is CCOC(=O)C1CC(=O)N(c2ccc(NC(=O)CC)cc2)C1. The standard InChI is InChI=1S/C16H20N2O4/c1-3-14(19)17-12-5-7-13(8-6-12)18-10-11(9-15(18)20)16(21)22-4-2/h5-8,11H,3-4,9-10H2,1-2H3,(H,17,19). The van der Waals surface area contributed by atoms with Crippen molar-refractivity contribution in [2.45, 2.75) is 26.7 Å². The molecule has 0 aliphatic carbocycles. The van der Waals surface area contributed by atoms with E-state index in [1.54, 1.807) is 43.0 Å². The summed E-state index contributed by atoms with van der Waals surface area (Å²) < 4.78 is 4.97. The van der Waals surface area contributed by atoms with Crippen molar-refractivity contribution in [3.63, 3.8) is 0 Å². The molecule has 1 fully saturated rings. The second kappa shape index (κ2) is 7.06. The summed E-state index contributed by atoms with van der Waals surface area (Å²) in [4.78, 5) is 36.7. The number of carbonyl (C=O) groups excluding carboxylic acids is 3. The summed E-state index contributed by atoms with van der Waals surface area (Å²) in [6.07, 6.45) is 0.584. The Kier molecular flexibility index (Phi) is 5.14. The van der Waals surface area contributed by atoms with Crippen LogP contribution in [-0.4, -0.2) is 30.9 Å². The van der Waals surface area contributed by atoms with Crippen LogP contribution in [0, 0.1) is 5.92 Å². The predicted octanol–water partition coefficient (Wildman–Crippen LogP) is 1.95. The van der Waals surface area contributed by atoms with Gasteiger partial charge in [-0.15, -0.1) is 0 Å². The molecule has 1 heterocycles. The molecule has 2 rings (SSSR count). The fourth-order valence-electron chi connectivity index (χ4n) is 2.35. The molecule has 1 unspecified atom stereocenters. The van der Waals surface area contributed by atoms with Gasteiger partial charge in [0.15, 0.2) is 0 Å². The molecule has 1 atom stereocenters. The molecule has 1 saturated heterocycles. The minimum absolute atomic E-state index is 0.0626. The van der Waals surface area contributed by atoms with Crippen LogP contribution in [0.3, 0.4) is 0 Å². The van der Waals surface area contributed by atoms with E-state index >= 15 is 0 Å². The van der Waals surface area contributed by atoms with Gasteiger partial charge in [-0.3, -0.25) is 14.4 Å². The van der Waals surface area contributed by atoms with Gasteiger partial charge in [-0.2, -0.15) is 0 Å². The van der Waals surface area contributed by atoms with Crippen LogP contribution >= 0.6 is 0 Å². The van der Waals surface area contributed by atoms with Gasteiger partial charge in [0.2, 0.25) is 11.8 Å². The molecule has 1 aromatic carbocycles. The zero-order valence-electron chi connectivity index (χ0n) is 12.8. The van der Waals surface area contributed by atoms with Crippen molar-refractivity contribution < 1.29 is 19.1 Å². The van der Waals surface area contributed by atoms with E-state index in [2.05, 4.69) is 5.32 Å². The summed E-state index contributed by atoms with van der Waals surface area (Å²) in [6, 6.07) is 7.01. The highest BCUT2D eigenvalue weighted by Crippen LogP contribution is 2.27. The number of esters is 1. The molecular weight excluding hydrogens is 284 g/mol. The summed E-state index contributed by atoms with van der Waals surface area (Å²) >= 11 is 0. The predicted molar refractivity (Wildman–Crippen MR) is 82.5 cm³/mol. The van der Waals surface area contributed by atoms with E-state index in [4.69, 9.17) is 4.74 Å². The molecule has 1 aliphatic rings. The van der Waals surface area contributed by atoms with Crippen molar-refractivity contribution in [1.82, 2.24) is 0 Å². The highest BCUT2D eigenvalue weighted by molar-refractivity contribution is 5.99. The molecule has 0 aromatic heterocycles. The van der Waals surface area contributed by atoms with Gasteiger partial charge in [0.05, 0.1) is 12.5 Å². The maximum Gasteiger partial charge on any atom is 0.311 e. The van der Waals surface area contributed by atoms with Crippen LogP contribution in [0.25, 0.3) is 0 Å². The van der Waals surface area contributed by atoms with Gasteiger partial charge in [-0.1, -0.05) is 6.92 Å². The highest BCUT2D eigenvalue weighted by Gasteiger charge is 2.35. The van der Waals surface area contributed by atoms with Crippen molar-refractivity contribution in [1.29, 1.82) is 0 Å². The Hall–Kier alpha value is -2.37. The van der Waals surface area contributed by atoms with Gasteiger partial charge in [-0.25, -0.2) is 0 Å². The van der Waals surface area contributed by atoms with Crippen molar-refractivity contribution in [2.24, 2.45) is 5.92 Å². The topological polar surface area (TPSA) is 75.7 Å². The quantitative estimate of drug-likeness (QED) is 0.844. The van der Waals surface area contributed by atoms with E-state index in [0.29, 0.717) is 30.9 Å². The van der Waals surface area contributed by atoms with E-state index < -0.39 is 5.92 Å². The molecule has 0 saturated carbocycles. The van der Waals surface area contributed by atoms with Gasteiger partial charge < -0.3 is 15.0 Å². The molecular formula is C16H20N2O4. The van der Waals surface area contributed by atoms with E-state index in [9.17, 15) is 14.4 Å². The first-order chi connectivity index (χ1) is 10.5. The number of hydrogen-bond donors (Lipinski definition) is 1. The van der Waals surface area contributed by atoms with E-state index in [1.165, 1.54) is 0 Å². The first kappa shape index (κ1) is 16.0. The number of anilines is 2. The lowest BCUT2D eigenvalue weighted by atomic mass is 10.1. The zero-order valence-corrected chi connectivity index (χ0v) is 12.8. The Labute approximate surface area is 129 Å². The first-order valence-electron chi connectivity index (χ1n) is 7.42. The van der Waals surface area contributed by atoms with E-state index in [-0.39, 0.29) is 24.2 Å². The number of carbonyl (C=O) groups is 3. The van der Waals surface area contributed by atoms with Crippen molar-refractivity contribution in [2.75, 3.05) is 23.4 Å². The number of nitrogens with zero attached hydrogens (tertiary/aromatic N) is 1. The van der Waals surface area contributed by atoms with Crippen LogP contribution in [0.5, 0.6) is 0 Å². The number of hydrogen-bond acceptors (Lipinski definition) is 4. The summed E-state index contributed by atoms with van der Waals surface area (Å²) in [5, 5.41) is 2.75. The Balaban J connectivity index is 2.04. The molecule has 118 valence electrons. The molecule has 0 bridgehead atoms. The molecule has 22 heavy (non-hydrogen) atoms. The minimum atomic E-state index is -0.410. The van der Waals surface area contributed by atoms with Crippen molar-refractivity contribution in [3.8, 4) is 0 Å². The normalized spacial score (nSPS) is 17.5. The van der Waals surface area contributed by atoms with Gasteiger partial charge in [-0.05, 0) is 31.2 Å². The van der Waals surface area contributed by atoms with Crippen molar-refractivity contribution in [3.05, 3.63) is 24.3 Å². The lowest BCUT2D eigenvalue weighted by Gasteiger charge is -2.17. The maximum absolute atomic E-state index is 12.1. The second-order valence-electron chi connectivity index (χ2n) is 5.11. The maximum atomic E-state index is 12.1. The Morgan fingerprint density at radius 2 is 1.95 bits per heavy atom. The third kappa shape index (κ3) is 3.63. The summed E-state index contributed by atoms with van der Waals surface area (Å²) in [5.74, 6) is -0.895. The molecule has 0 spiro atoms. The highest BCUT2D eigenvalue weighted by atomic mass is 16.5. The molecule has 1 aliphatic heterocycles. The van der Waals surface area contributed by atoms with Crippen LogP contribution in [0.2, 0.25) is 0 Å². The third-order valence-corrected chi connectivity index (χ3v) is 3.53. The lowest BCUT2D eigenvalue weighted by Crippen LogP contribution is -2.26. The Bertz CT molecular complexity index is 568. The molecule has 6 heteroatoms. The van der Waals surface area contributed by atoms with Gasteiger partial charge in [0.1, 0.15) is 0 Å². The fraction of sp³-hybridized carbons (Fsp3) is 0.438. The average molecular weight is 304 g/mol. The van der Waals surface area contributed by atoms with Crippen LogP contribution in [0.1, 0.15) is 26.7 Å². The third-order valence-electron chi connectivity index (χ3n) is 3.53. The largest absolute Gasteiger partial charge is 0.466 e. The molecule has 2 amide bonds. The minimum Gasteiger partial charge on any atom is -0.466 e. The van der Waals surface area contributed by atoms with Gasteiger partial charge in [0.25, 0.3) is 0 Å². The number of amides is 2. The second-order valence-corrected chi connectivity index (χ2v) is 5.11. The summed E-state index contributed by atoms with van der Waals surface area (Å²) in [5.41, 5.74) is 1.40. The number of benzene rings is 1. The zero-order chi connectivity index (χ0) is 16.1. The summed E-state index contributed by atoms with van der Waals surface area (Å²) in [7, 11) is 0. The van der Waals surface area contributed by atoms with Gasteiger partial charge >= 0.3 is 5.97 Å². The number of nitrogens with one attached hydrogen (secondary N) is 1. The summed E-state index contributed by atoms with van der Waals surface area (Å²) in [6.45, 7) is 4.17. The number of ether oxygens (including phenoxy) is 1. The first-order valence-corrected chi connectivity index (χ1v) is 7.42. The molecule has 1 aromatic rings. The van der Waals surface area contributed by atoms with Crippen molar-refractivity contribution >= 4 is 29.2 Å². The van der Waals surface area contributed by atoms with Crippen LogP contribution in [0.15, 0.2) is 24.3 Å². The monoisotopic (exact) mass is 304 g/mol. The molecule has 1 N–H and O–H groups in total. The molecule has 6 nitrogen and oxygen atoms in total. The van der Waals surface area contributed by atoms with Gasteiger partial charge in [0, 0.05) is 30.8 Å². The average Bonchev–Trinajstić information content (AvgIpc) is 2.90. The Morgan fingerprint density at radius 3 is 2.55 bits per heavy atom. The number of rotatable bonds is 5. The Morgan fingerprint density at radius 1 is 1.27 bits per heavy atom. The molecule has 0 radical (unpaired) electrons. The smallest absolute Gasteiger partial charge is 0.311 e.